The second-order valence-corrected chi connectivity index (χ2v) is 9.12. The van der Waals surface area contributed by atoms with Crippen LogP contribution in [0.25, 0.3) is 11.1 Å². The molecule has 2 atom stereocenters. The SMILES string of the molecule is O=C(NCC(O)C(O)c1ccccc1S(=O)(=O)O)OCC1c2ccccc2-c2ccccc21. The van der Waals surface area contributed by atoms with Gasteiger partial charge in [0.1, 0.15) is 18.8 Å². The molecule has 3 aromatic carbocycles. The van der Waals surface area contributed by atoms with Crippen molar-refractivity contribution in [1.82, 2.24) is 5.32 Å². The van der Waals surface area contributed by atoms with Crippen LogP contribution in [-0.2, 0) is 14.9 Å². The molecule has 8 nitrogen and oxygen atoms in total. The molecule has 33 heavy (non-hydrogen) atoms. The minimum atomic E-state index is -4.59. The van der Waals surface area contributed by atoms with E-state index in [2.05, 4.69) is 5.32 Å². The Kier molecular flexibility index (Phi) is 6.48. The van der Waals surface area contributed by atoms with Crippen LogP contribution in [0.2, 0.25) is 0 Å². The Balaban J connectivity index is 1.37. The third-order valence-corrected chi connectivity index (χ3v) is 6.61. The van der Waals surface area contributed by atoms with E-state index in [0.29, 0.717) is 0 Å². The van der Waals surface area contributed by atoms with Gasteiger partial charge in [0, 0.05) is 18.0 Å². The normalized spacial score (nSPS) is 14.8. The Morgan fingerprint density at radius 3 is 2.06 bits per heavy atom. The van der Waals surface area contributed by atoms with Gasteiger partial charge in [-0.3, -0.25) is 4.55 Å². The first-order valence-electron chi connectivity index (χ1n) is 10.3. The summed E-state index contributed by atoms with van der Waals surface area (Å²) >= 11 is 0. The van der Waals surface area contributed by atoms with Crippen molar-refractivity contribution in [2.24, 2.45) is 0 Å². The lowest BCUT2D eigenvalue weighted by Crippen LogP contribution is -2.36. The van der Waals surface area contributed by atoms with Crippen LogP contribution in [0.3, 0.4) is 0 Å². The van der Waals surface area contributed by atoms with Crippen LogP contribution in [0.5, 0.6) is 0 Å². The molecule has 9 heteroatoms. The molecule has 4 N–H and O–H groups in total. The number of hydrogen-bond donors (Lipinski definition) is 4. The highest BCUT2D eigenvalue weighted by Gasteiger charge is 2.29. The van der Waals surface area contributed by atoms with Crippen LogP contribution in [-0.4, -0.2) is 48.5 Å². The van der Waals surface area contributed by atoms with E-state index in [-0.39, 0.29) is 18.1 Å². The van der Waals surface area contributed by atoms with E-state index in [9.17, 15) is 28.0 Å². The molecular weight excluding hydrogens is 446 g/mol. The number of aliphatic hydroxyl groups excluding tert-OH is 2. The van der Waals surface area contributed by atoms with Crippen LogP contribution in [0.1, 0.15) is 28.7 Å². The lowest BCUT2D eigenvalue weighted by Gasteiger charge is -2.20. The van der Waals surface area contributed by atoms with Crippen LogP contribution >= 0.6 is 0 Å². The Hall–Kier alpha value is -3.24. The lowest BCUT2D eigenvalue weighted by molar-refractivity contribution is 0.0169. The highest BCUT2D eigenvalue weighted by atomic mass is 32.2. The molecule has 3 aromatic rings. The largest absolute Gasteiger partial charge is 0.449 e. The van der Waals surface area contributed by atoms with Gasteiger partial charge in [0.25, 0.3) is 10.1 Å². The van der Waals surface area contributed by atoms with Gasteiger partial charge < -0.3 is 20.3 Å². The zero-order chi connectivity index (χ0) is 23.6. The fraction of sp³-hybridized carbons (Fsp3) is 0.208. The Morgan fingerprint density at radius 2 is 1.45 bits per heavy atom. The monoisotopic (exact) mass is 469 g/mol. The number of aliphatic hydroxyl groups is 2. The van der Waals surface area contributed by atoms with E-state index in [0.717, 1.165) is 28.3 Å². The molecule has 1 amide bonds. The highest BCUT2D eigenvalue weighted by Crippen LogP contribution is 2.44. The van der Waals surface area contributed by atoms with Crippen LogP contribution in [0.4, 0.5) is 4.79 Å². The van der Waals surface area contributed by atoms with Gasteiger partial charge in [-0.2, -0.15) is 8.42 Å². The maximum Gasteiger partial charge on any atom is 0.407 e. The fourth-order valence-corrected chi connectivity index (χ4v) is 4.85. The molecule has 0 saturated heterocycles. The van der Waals surface area contributed by atoms with E-state index in [1.807, 2.05) is 48.5 Å². The highest BCUT2D eigenvalue weighted by molar-refractivity contribution is 7.85. The van der Waals surface area contributed by atoms with Gasteiger partial charge in [-0.1, -0.05) is 66.7 Å². The van der Waals surface area contributed by atoms with Crippen molar-refractivity contribution in [3.8, 4) is 11.1 Å². The first kappa shape index (κ1) is 22.9. The van der Waals surface area contributed by atoms with Crippen molar-refractivity contribution in [2.75, 3.05) is 13.2 Å². The molecule has 0 radical (unpaired) electrons. The molecule has 0 aromatic heterocycles. The first-order chi connectivity index (χ1) is 15.8. The molecule has 0 spiro atoms. The molecule has 4 rings (SSSR count). The smallest absolute Gasteiger partial charge is 0.407 e. The molecule has 0 aliphatic heterocycles. The van der Waals surface area contributed by atoms with Crippen LogP contribution < -0.4 is 5.32 Å². The van der Waals surface area contributed by atoms with E-state index >= 15 is 0 Å². The Morgan fingerprint density at radius 1 is 0.909 bits per heavy atom. The quantitative estimate of drug-likeness (QED) is 0.391. The van der Waals surface area contributed by atoms with Crippen molar-refractivity contribution < 1.29 is 32.7 Å². The summed E-state index contributed by atoms with van der Waals surface area (Å²) in [6.07, 6.45) is -3.98. The Bertz CT molecular complexity index is 1230. The lowest BCUT2D eigenvalue weighted by atomic mass is 9.98. The maximum absolute atomic E-state index is 12.3. The average Bonchev–Trinajstić information content (AvgIpc) is 3.14. The maximum atomic E-state index is 12.3. The van der Waals surface area contributed by atoms with Gasteiger partial charge in [-0.15, -0.1) is 0 Å². The number of alkyl carbamates (subject to hydrolysis) is 1. The van der Waals surface area contributed by atoms with E-state index < -0.39 is 39.9 Å². The molecule has 0 saturated carbocycles. The third-order valence-electron chi connectivity index (χ3n) is 5.68. The minimum Gasteiger partial charge on any atom is -0.449 e. The summed E-state index contributed by atoms with van der Waals surface area (Å²) in [5.41, 5.74) is 4.13. The summed E-state index contributed by atoms with van der Waals surface area (Å²) in [6, 6.07) is 21.0. The van der Waals surface area contributed by atoms with Crippen LogP contribution in [0.15, 0.2) is 77.7 Å². The Labute approximate surface area is 191 Å². The number of hydrogen-bond acceptors (Lipinski definition) is 6. The molecule has 0 heterocycles. The average molecular weight is 470 g/mol. The minimum absolute atomic E-state index is 0.0874. The number of fused-ring (bicyclic) bond motifs is 3. The zero-order valence-corrected chi connectivity index (χ0v) is 18.3. The van der Waals surface area contributed by atoms with E-state index in [4.69, 9.17) is 4.74 Å². The van der Waals surface area contributed by atoms with Crippen molar-refractivity contribution >= 4 is 16.2 Å². The van der Waals surface area contributed by atoms with Gasteiger partial charge >= 0.3 is 6.09 Å². The fourth-order valence-electron chi connectivity index (χ4n) is 4.12. The summed E-state index contributed by atoms with van der Waals surface area (Å²) in [7, 11) is -4.59. The summed E-state index contributed by atoms with van der Waals surface area (Å²) in [5, 5.41) is 23.0. The van der Waals surface area contributed by atoms with Gasteiger partial charge in [0.15, 0.2) is 0 Å². The van der Waals surface area contributed by atoms with Crippen LogP contribution in [0, 0.1) is 0 Å². The molecule has 2 unspecified atom stereocenters. The summed E-state index contributed by atoms with van der Waals surface area (Å²) in [6.45, 7) is -0.304. The first-order valence-corrected chi connectivity index (χ1v) is 11.7. The van der Waals surface area contributed by atoms with Gasteiger partial charge in [-0.25, -0.2) is 4.79 Å². The number of nitrogens with one attached hydrogen (secondary N) is 1. The second kappa shape index (κ2) is 9.32. The summed E-state index contributed by atoms with van der Waals surface area (Å²) in [5.74, 6) is -0.125. The van der Waals surface area contributed by atoms with Crippen molar-refractivity contribution in [1.29, 1.82) is 0 Å². The van der Waals surface area contributed by atoms with Crippen molar-refractivity contribution in [3.63, 3.8) is 0 Å². The third kappa shape index (κ3) is 4.76. The number of carbonyl (C=O) groups is 1. The molecule has 0 fully saturated rings. The molecule has 1 aliphatic rings. The molecule has 172 valence electrons. The standard InChI is InChI=1S/C24H23NO7S/c26-21(23(27)19-11-5-6-12-22(19)33(29,30)31)13-25-24(28)32-14-20-17-9-3-1-7-15(17)16-8-2-4-10-18(16)20/h1-12,20-21,23,26-27H,13-14H2,(H,25,28)(H,29,30,31). The predicted molar refractivity (Wildman–Crippen MR) is 120 cm³/mol. The van der Waals surface area contributed by atoms with E-state index in [1.54, 1.807) is 0 Å². The molecule has 1 aliphatic carbocycles. The van der Waals surface area contributed by atoms with Gasteiger partial charge in [0.05, 0.1) is 4.90 Å². The van der Waals surface area contributed by atoms with Gasteiger partial charge in [-0.05, 0) is 28.3 Å². The number of carbonyl (C=O) groups excluding carboxylic acids is 1. The topological polar surface area (TPSA) is 133 Å². The summed E-state index contributed by atoms with van der Waals surface area (Å²) < 4.78 is 37.7. The predicted octanol–water partition coefficient (Wildman–Crippen LogP) is 2.87. The number of rotatable bonds is 7. The molecule has 0 bridgehead atoms. The van der Waals surface area contributed by atoms with E-state index in [1.165, 1.54) is 18.2 Å². The number of ether oxygens (including phenoxy) is 1. The van der Waals surface area contributed by atoms with Crippen molar-refractivity contribution in [2.45, 2.75) is 23.0 Å². The summed E-state index contributed by atoms with van der Waals surface area (Å²) in [4.78, 5) is 11.7. The van der Waals surface area contributed by atoms with Crippen molar-refractivity contribution in [3.05, 3.63) is 89.5 Å². The van der Waals surface area contributed by atoms with Gasteiger partial charge in [0.2, 0.25) is 0 Å². The number of amides is 1. The second-order valence-electron chi connectivity index (χ2n) is 7.73. The number of benzene rings is 3. The molecular formula is C24H23NO7S. The zero-order valence-electron chi connectivity index (χ0n) is 17.5.